The molecule has 1 aromatic rings. The molecule has 0 saturated carbocycles. The highest BCUT2D eigenvalue weighted by Crippen LogP contribution is 2.39. The number of thiophene rings is 1. The third-order valence-electron chi connectivity index (χ3n) is 3.63. The maximum atomic E-state index is 5.37. The fourth-order valence-corrected chi connectivity index (χ4v) is 3.68. The summed E-state index contributed by atoms with van der Waals surface area (Å²) in [5, 5.41) is 0. The Morgan fingerprint density at radius 3 is 2.88 bits per heavy atom. The second kappa shape index (κ2) is 4.47. The molecular weight excluding hydrogens is 216 g/mol. The van der Waals surface area contributed by atoms with Crippen LogP contribution in [0.25, 0.3) is 0 Å². The van der Waals surface area contributed by atoms with Crippen LogP contribution in [0.15, 0.2) is 6.07 Å². The number of fused-ring (bicyclic) bond motifs is 1. The maximum Gasteiger partial charge on any atom is 0.0442 e. The molecule has 1 aromatic heterocycles. The number of nitrogens with one attached hydrogen (secondary N) is 1. The molecule has 0 fully saturated rings. The van der Waals surface area contributed by atoms with Gasteiger partial charge in [0.05, 0.1) is 0 Å². The SMILES string of the molecule is CC(C)(C)C1CCc2sc(CNN)cc2C1. The van der Waals surface area contributed by atoms with Crippen LogP contribution in [0.5, 0.6) is 0 Å². The van der Waals surface area contributed by atoms with Gasteiger partial charge in [-0.1, -0.05) is 20.8 Å². The Hall–Kier alpha value is -0.380. The monoisotopic (exact) mass is 238 g/mol. The molecule has 1 aliphatic rings. The van der Waals surface area contributed by atoms with Crippen LogP contribution in [-0.4, -0.2) is 0 Å². The van der Waals surface area contributed by atoms with Gasteiger partial charge >= 0.3 is 0 Å². The van der Waals surface area contributed by atoms with Crippen molar-refractivity contribution in [3.05, 3.63) is 21.4 Å². The highest BCUT2D eigenvalue weighted by atomic mass is 32.1. The molecule has 0 radical (unpaired) electrons. The van der Waals surface area contributed by atoms with E-state index in [1.54, 1.807) is 10.4 Å². The highest BCUT2D eigenvalue weighted by molar-refractivity contribution is 7.12. The van der Waals surface area contributed by atoms with Crippen LogP contribution in [0.3, 0.4) is 0 Å². The fraction of sp³-hybridized carbons (Fsp3) is 0.692. The van der Waals surface area contributed by atoms with E-state index in [0.29, 0.717) is 5.41 Å². The minimum atomic E-state index is 0.436. The summed E-state index contributed by atoms with van der Waals surface area (Å²) >= 11 is 1.93. The molecular formula is C13H22N2S. The standard InChI is InChI=1S/C13H22N2S/c1-13(2,3)10-4-5-12-9(6-10)7-11(16-12)8-15-14/h7,10,15H,4-6,8,14H2,1-3H3. The first-order valence-electron chi connectivity index (χ1n) is 6.04. The zero-order valence-corrected chi connectivity index (χ0v) is 11.3. The van der Waals surface area contributed by atoms with Crippen molar-refractivity contribution in [3.8, 4) is 0 Å². The van der Waals surface area contributed by atoms with Crippen LogP contribution >= 0.6 is 11.3 Å². The molecule has 0 amide bonds. The predicted molar refractivity (Wildman–Crippen MR) is 70.3 cm³/mol. The summed E-state index contributed by atoms with van der Waals surface area (Å²) in [7, 11) is 0. The quantitative estimate of drug-likeness (QED) is 0.614. The van der Waals surface area contributed by atoms with Gasteiger partial charge in [-0.15, -0.1) is 11.3 Å². The molecule has 2 rings (SSSR count). The number of hydrazine groups is 1. The van der Waals surface area contributed by atoms with E-state index >= 15 is 0 Å². The number of hydrogen-bond acceptors (Lipinski definition) is 3. The Balaban J connectivity index is 2.14. The molecule has 3 N–H and O–H groups in total. The van der Waals surface area contributed by atoms with Gasteiger partial charge in [-0.25, -0.2) is 0 Å². The Kier molecular flexibility index (Phi) is 3.38. The van der Waals surface area contributed by atoms with Gasteiger partial charge < -0.3 is 0 Å². The van der Waals surface area contributed by atoms with Gasteiger partial charge in [0.2, 0.25) is 0 Å². The van der Waals surface area contributed by atoms with E-state index in [0.717, 1.165) is 12.5 Å². The normalized spacial score (nSPS) is 20.9. The maximum absolute atomic E-state index is 5.37. The number of rotatable bonds is 2. The molecule has 0 saturated heterocycles. The lowest BCUT2D eigenvalue weighted by molar-refractivity contribution is 0.217. The van der Waals surface area contributed by atoms with E-state index < -0.39 is 0 Å². The van der Waals surface area contributed by atoms with Gasteiger partial charge in [-0.2, -0.15) is 0 Å². The second-order valence-corrected chi connectivity index (χ2v) is 7.07. The number of hydrogen-bond donors (Lipinski definition) is 2. The zero-order chi connectivity index (χ0) is 11.8. The van der Waals surface area contributed by atoms with Crippen molar-refractivity contribution in [1.82, 2.24) is 5.43 Å². The smallest absolute Gasteiger partial charge is 0.0442 e. The van der Waals surface area contributed by atoms with E-state index in [9.17, 15) is 0 Å². The van der Waals surface area contributed by atoms with Gasteiger partial charge in [0.25, 0.3) is 0 Å². The van der Waals surface area contributed by atoms with Crippen LogP contribution in [0, 0.1) is 11.3 Å². The van der Waals surface area contributed by atoms with E-state index in [1.165, 1.54) is 24.1 Å². The molecule has 3 heteroatoms. The first-order valence-corrected chi connectivity index (χ1v) is 6.86. The van der Waals surface area contributed by atoms with E-state index in [-0.39, 0.29) is 0 Å². The summed E-state index contributed by atoms with van der Waals surface area (Å²) in [6, 6.07) is 2.34. The summed E-state index contributed by atoms with van der Waals surface area (Å²) in [6.07, 6.45) is 3.85. The zero-order valence-electron chi connectivity index (χ0n) is 10.5. The first-order chi connectivity index (χ1) is 7.50. The Morgan fingerprint density at radius 2 is 2.25 bits per heavy atom. The third-order valence-corrected chi connectivity index (χ3v) is 4.87. The van der Waals surface area contributed by atoms with Crippen molar-refractivity contribution in [2.75, 3.05) is 0 Å². The van der Waals surface area contributed by atoms with Crippen molar-refractivity contribution >= 4 is 11.3 Å². The summed E-state index contributed by atoms with van der Waals surface area (Å²) in [4.78, 5) is 2.97. The molecule has 1 heterocycles. The van der Waals surface area contributed by atoms with Gasteiger partial charge in [0.1, 0.15) is 0 Å². The van der Waals surface area contributed by atoms with Crippen molar-refractivity contribution < 1.29 is 0 Å². The molecule has 16 heavy (non-hydrogen) atoms. The topological polar surface area (TPSA) is 38.0 Å². The fourth-order valence-electron chi connectivity index (χ4n) is 2.51. The Morgan fingerprint density at radius 1 is 1.50 bits per heavy atom. The number of aryl methyl sites for hydroxylation is 1. The van der Waals surface area contributed by atoms with Gasteiger partial charge in [-0.3, -0.25) is 11.3 Å². The second-order valence-electron chi connectivity index (χ2n) is 5.85. The molecule has 2 nitrogen and oxygen atoms in total. The summed E-state index contributed by atoms with van der Waals surface area (Å²) in [6.45, 7) is 7.88. The molecule has 1 aliphatic carbocycles. The van der Waals surface area contributed by atoms with Crippen LogP contribution in [-0.2, 0) is 19.4 Å². The summed E-state index contributed by atoms with van der Waals surface area (Å²) in [5.41, 5.74) is 4.75. The lowest BCUT2D eigenvalue weighted by Gasteiger charge is -2.33. The largest absolute Gasteiger partial charge is 0.271 e. The van der Waals surface area contributed by atoms with Crippen molar-refractivity contribution in [2.45, 2.75) is 46.6 Å². The molecule has 0 bridgehead atoms. The Labute approximate surface area is 102 Å². The number of nitrogens with two attached hydrogens (primary N) is 1. The molecule has 1 unspecified atom stereocenters. The predicted octanol–water partition coefficient (Wildman–Crippen LogP) is 2.86. The van der Waals surface area contributed by atoms with E-state index in [4.69, 9.17) is 5.84 Å². The van der Waals surface area contributed by atoms with Gasteiger partial charge in [0.15, 0.2) is 0 Å². The summed E-state index contributed by atoms with van der Waals surface area (Å²) < 4.78 is 0. The third kappa shape index (κ3) is 2.47. The van der Waals surface area contributed by atoms with E-state index in [1.807, 2.05) is 11.3 Å². The van der Waals surface area contributed by atoms with Crippen LogP contribution in [0.2, 0.25) is 0 Å². The Bertz CT molecular complexity index is 362. The molecule has 0 spiro atoms. The lowest BCUT2D eigenvalue weighted by Crippen LogP contribution is -2.26. The average Bonchev–Trinajstić information content (AvgIpc) is 2.57. The average molecular weight is 238 g/mol. The summed E-state index contributed by atoms with van der Waals surface area (Å²) in [5.74, 6) is 6.20. The van der Waals surface area contributed by atoms with Gasteiger partial charge in [0, 0.05) is 16.3 Å². The highest BCUT2D eigenvalue weighted by Gasteiger charge is 2.29. The minimum Gasteiger partial charge on any atom is -0.271 e. The lowest BCUT2D eigenvalue weighted by atomic mass is 9.72. The van der Waals surface area contributed by atoms with Crippen LogP contribution < -0.4 is 11.3 Å². The molecule has 0 aliphatic heterocycles. The molecule has 0 aromatic carbocycles. The van der Waals surface area contributed by atoms with Crippen molar-refractivity contribution in [1.29, 1.82) is 0 Å². The molecule has 90 valence electrons. The molecule has 1 atom stereocenters. The van der Waals surface area contributed by atoms with Crippen LogP contribution in [0.1, 0.15) is 42.5 Å². The first kappa shape index (κ1) is 12.1. The van der Waals surface area contributed by atoms with Crippen molar-refractivity contribution in [2.24, 2.45) is 17.2 Å². The van der Waals surface area contributed by atoms with Gasteiger partial charge in [-0.05, 0) is 42.2 Å². The van der Waals surface area contributed by atoms with Crippen LogP contribution in [0.4, 0.5) is 0 Å². The van der Waals surface area contributed by atoms with E-state index in [2.05, 4.69) is 32.3 Å². The minimum absolute atomic E-state index is 0.436. The van der Waals surface area contributed by atoms with Crippen molar-refractivity contribution in [3.63, 3.8) is 0 Å².